The van der Waals surface area contributed by atoms with Crippen LogP contribution in [0.3, 0.4) is 0 Å². The summed E-state index contributed by atoms with van der Waals surface area (Å²) in [6.45, 7) is 2.30. The van der Waals surface area contributed by atoms with Gasteiger partial charge in [0.15, 0.2) is 0 Å². The summed E-state index contributed by atoms with van der Waals surface area (Å²) < 4.78 is 5.89. The predicted octanol–water partition coefficient (Wildman–Crippen LogP) is 3.46. The quantitative estimate of drug-likeness (QED) is 0.614. The van der Waals surface area contributed by atoms with E-state index < -0.39 is 0 Å². The molecule has 0 fully saturated rings. The molecule has 0 saturated heterocycles. The molecule has 0 radical (unpaired) electrons. The highest BCUT2D eigenvalue weighted by atomic mass is 35.5. The van der Waals surface area contributed by atoms with Crippen LogP contribution in [0.1, 0.15) is 6.92 Å². The van der Waals surface area contributed by atoms with Crippen molar-refractivity contribution in [1.82, 2.24) is 9.97 Å². The molecular weight excluding hydrogens is 328 g/mol. The first-order chi connectivity index (χ1) is 11.6. The second kappa shape index (κ2) is 6.90. The van der Waals surface area contributed by atoms with Crippen LogP contribution in [-0.4, -0.2) is 27.7 Å². The Morgan fingerprint density at radius 1 is 1.29 bits per heavy atom. The van der Waals surface area contributed by atoms with Crippen molar-refractivity contribution < 1.29 is 9.84 Å². The Kier molecular flexibility index (Phi) is 4.69. The number of nitrogens with two attached hydrogens (primary N) is 1. The molecule has 4 N–H and O–H groups in total. The number of hydrogen-bond acceptors (Lipinski definition) is 6. The van der Waals surface area contributed by atoms with Gasteiger partial charge < -0.3 is 20.9 Å². The summed E-state index contributed by atoms with van der Waals surface area (Å²) in [6.07, 6.45) is 1.34. The maximum Gasteiger partial charge on any atom is 0.145 e. The van der Waals surface area contributed by atoms with Crippen molar-refractivity contribution in [3.8, 4) is 11.5 Å². The maximum atomic E-state index is 9.53. The van der Waals surface area contributed by atoms with E-state index in [2.05, 4.69) is 15.3 Å². The van der Waals surface area contributed by atoms with Crippen LogP contribution in [0.2, 0.25) is 5.02 Å². The van der Waals surface area contributed by atoms with Gasteiger partial charge in [-0.1, -0.05) is 17.7 Å². The van der Waals surface area contributed by atoms with Crippen LogP contribution in [0.4, 0.5) is 11.5 Å². The van der Waals surface area contributed by atoms with Crippen molar-refractivity contribution in [2.75, 3.05) is 11.9 Å². The smallest absolute Gasteiger partial charge is 0.145 e. The van der Waals surface area contributed by atoms with E-state index in [9.17, 15) is 5.11 Å². The molecule has 1 unspecified atom stereocenters. The van der Waals surface area contributed by atoms with Gasteiger partial charge in [-0.2, -0.15) is 0 Å². The highest BCUT2D eigenvalue weighted by Crippen LogP contribution is 2.33. The molecular formula is C17H17ClN4O2. The van der Waals surface area contributed by atoms with Crippen molar-refractivity contribution in [3.63, 3.8) is 0 Å². The van der Waals surface area contributed by atoms with Crippen molar-refractivity contribution in [3.05, 3.63) is 47.7 Å². The number of ether oxygens (including phenoxy) is 1. The molecule has 0 aliphatic heterocycles. The SMILES string of the molecule is CC(CN)Oc1cccc2ncnc(Nc3ccc(O)c(Cl)c3)c12. The fourth-order valence-corrected chi connectivity index (χ4v) is 2.44. The predicted molar refractivity (Wildman–Crippen MR) is 95.1 cm³/mol. The lowest BCUT2D eigenvalue weighted by Gasteiger charge is -2.16. The Balaban J connectivity index is 2.05. The molecule has 3 rings (SSSR count). The standard InChI is InChI=1S/C17H17ClN4O2/c1-10(8-19)24-15-4-2-3-13-16(15)17(21-9-20-13)22-11-5-6-14(23)12(18)7-11/h2-7,9-10,23H,8,19H2,1H3,(H,20,21,22). The molecule has 2 aromatic carbocycles. The van der Waals surface area contributed by atoms with Gasteiger partial charge in [0.25, 0.3) is 0 Å². The number of aromatic nitrogens is 2. The molecule has 0 aliphatic rings. The van der Waals surface area contributed by atoms with Crippen LogP contribution < -0.4 is 15.8 Å². The third kappa shape index (κ3) is 3.34. The van der Waals surface area contributed by atoms with E-state index in [1.807, 2.05) is 25.1 Å². The summed E-state index contributed by atoms with van der Waals surface area (Å²) in [5, 5.41) is 13.7. The van der Waals surface area contributed by atoms with E-state index in [1.54, 1.807) is 12.1 Å². The van der Waals surface area contributed by atoms with E-state index in [-0.39, 0.29) is 16.9 Å². The minimum absolute atomic E-state index is 0.0237. The Morgan fingerprint density at radius 2 is 2.12 bits per heavy atom. The number of rotatable bonds is 5. The molecule has 0 bridgehead atoms. The number of hydrogen-bond donors (Lipinski definition) is 3. The number of fused-ring (bicyclic) bond motifs is 1. The summed E-state index contributed by atoms with van der Waals surface area (Å²) >= 11 is 5.96. The van der Waals surface area contributed by atoms with Crippen LogP contribution in [0.5, 0.6) is 11.5 Å². The summed E-state index contributed by atoms with van der Waals surface area (Å²) in [5.41, 5.74) is 7.09. The number of nitrogens with zero attached hydrogens (tertiary/aromatic N) is 2. The second-order valence-electron chi connectivity index (χ2n) is 5.33. The van der Waals surface area contributed by atoms with Crippen molar-refractivity contribution in [2.45, 2.75) is 13.0 Å². The van der Waals surface area contributed by atoms with Gasteiger partial charge in [0.05, 0.1) is 15.9 Å². The normalized spacial score (nSPS) is 12.1. The summed E-state index contributed by atoms with van der Waals surface area (Å²) in [6, 6.07) is 10.5. The highest BCUT2D eigenvalue weighted by Gasteiger charge is 2.13. The Morgan fingerprint density at radius 3 is 2.88 bits per heavy atom. The molecule has 1 atom stereocenters. The van der Waals surface area contributed by atoms with Crippen LogP contribution in [0.25, 0.3) is 10.9 Å². The van der Waals surface area contributed by atoms with Gasteiger partial charge in [-0.3, -0.25) is 0 Å². The van der Waals surface area contributed by atoms with E-state index in [4.69, 9.17) is 22.1 Å². The van der Waals surface area contributed by atoms with Crippen LogP contribution in [0.15, 0.2) is 42.7 Å². The van der Waals surface area contributed by atoms with E-state index >= 15 is 0 Å². The minimum Gasteiger partial charge on any atom is -0.506 e. The number of halogens is 1. The molecule has 1 aromatic heterocycles. The Labute approximate surface area is 144 Å². The lowest BCUT2D eigenvalue weighted by Crippen LogP contribution is -2.23. The van der Waals surface area contributed by atoms with Gasteiger partial charge in [-0.05, 0) is 37.3 Å². The number of benzene rings is 2. The van der Waals surface area contributed by atoms with Crippen molar-refractivity contribution in [2.24, 2.45) is 5.73 Å². The summed E-state index contributed by atoms with van der Waals surface area (Å²) in [7, 11) is 0. The van der Waals surface area contributed by atoms with Crippen LogP contribution in [0, 0.1) is 0 Å². The number of anilines is 2. The van der Waals surface area contributed by atoms with Gasteiger partial charge >= 0.3 is 0 Å². The first kappa shape index (κ1) is 16.3. The van der Waals surface area contributed by atoms with E-state index in [0.29, 0.717) is 23.8 Å². The topological polar surface area (TPSA) is 93.3 Å². The fourth-order valence-electron chi connectivity index (χ4n) is 2.26. The third-order valence-corrected chi connectivity index (χ3v) is 3.80. The third-order valence-electron chi connectivity index (χ3n) is 3.50. The first-order valence-corrected chi connectivity index (χ1v) is 7.82. The van der Waals surface area contributed by atoms with Gasteiger partial charge in [0.2, 0.25) is 0 Å². The van der Waals surface area contributed by atoms with Crippen molar-refractivity contribution >= 4 is 34.0 Å². The largest absolute Gasteiger partial charge is 0.506 e. The molecule has 124 valence electrons. The summed E-state index contributed by atoms with van der Waals surface area (Å²) in [5.74, 6) is 1.26. The maximum absolute atomic E-state index is 9.53. The van der Waals surface area contributed by atoms with Crippen LogP contribution in [-0.2, 0) is 0 Å². The zero-order valence-electron chi connectivity index (χ0n) is 13.0. The molecule has 0 spiro atoms. The Bertz CT molecular complexity index is 867. The summed E-state index contributed by atoms with van der Waals surface area (Å²) in [4.78, 5) is 8.59. The molecule has 7 heteroatoms. The molecule has 0 aliphatic carbocycles. The van der Waals surface area contributed by atoms with Crippen molar-refractivity contribution in [1.29, 1.82) is 0 Å². The lowest BCUT2D eigenvalue weighted by molar-refractivity contribution is 0.233. The lowest BCUT2D eigenvalue weighted by atomic mass is 10.2. The Hall–Kier alpha value is -2.57. The molecule has 1 heterocycles. The molecule has 0 saturated carbocycles. The average molecular weight is 345 g/mol. The average Bonchev–Trinajstić information content (AvgIpc) is 2.58. The first-order valence-electron chi connectivity index (χ1n) is 7.44. The van der Waals surface area contributed by atoms with Gasteiger partial charge in [-0.15, -0.1) is 0 Å². The molecule has 6 nitrogen and oxygen atoms in total. The van der Waals surface area contributed by atoms with Crippen LogP contribution >= 0.6 is 11.6 Å². The molecule has 24 heavy (non-hydrogen) atoms. The zero-order valence-corrected chi connectivity index (χ0v) is 13.8. The minimum atomic E-state index is -0.133. The number of phenols is 1. The number of nitrogens with one attached hydrogen (secondary N) is 1. The fraction of sp³-hybridized carbons (Fsp3) is 0.176. The van der Waals surface area contributed by atoms with E-state index in [1.165, 1.54) is 12.4 Å². The van der Waals surface area contributed by atoms with E-state index in [0.717, 1.165) is 10.9 Å². The van der Waals surface area contributed by atoms with Gasteiger partial charge in [0, 0.05) is 12.2 Å². The number of phenolic OH excluding ortho intramolecular Hbond substituents is 1. The zero-order chi connectivity index (χ0) is 17.1. The molecule has 3 aromatic rings. The van der Waals surface area contributed by atoms with Gasteiger partial charge in [-0.25, -0.2) is 9.97 Å². The van der Waals surface area contributed by atoms with Gasteiger partial charge in [0.1, 0.15) is 29.7 Å². The monoisotopic (exact) mass is 344 g/mol. The second-order valence-corrected chi connectivity index (χ2v) is 5.74. The highest BCUT2D eigenvalue weighted by molar-refractivity contribution is 6.32. The number of aromatic hydroxyl groups is 1. The molecule has 0 amide bonds.